The Morgan fingerprint density at radius 1 is 1.05 bits per heavy atom. The molecule has 3 fully saturated rings. The average molecular weight is 541 g/mol. The molecule has 38 heavy (non-hydrogen) atoms. The van der Waals surface area contributed by atoms with Crippen LogP contribution in [0.1, 0.15) is 105 Å². The van der Waals surface area contributed by atoms with Crippen LogP contribution in [0.2, 0.25) is 0 Å². The molecule has 4 nitrogen and oxygen atoms in total. The summed E-state index contributed by atoms with van der Waals surface area (Å²) in [5.41, 5.74) is -1.35. The fourth-order valence-electron chi connectivity index (χ4n) is 7.25. The number of aliphatic hydroxyl groups excluding tert-OH is 2. The average Bonchev–Trinajstić information content (AvgIpc) is 3.11. The molecule has 0 spiro atoms. The number of allylic oxidation sites excluding steroid dienone is 3. The molecule has 3 aliphatic rings. The van der Waals surface area contributed by atoms with Crippen LogP contribution in [0.25, 0.3) is 0 Å². The van der Waals surface area contributed by atoms with Gasteiger partial charge in [0.15, 0.2) is 0 Å². The molecule has 3 rings (SSSR count). The highest BCUT2D eigenvalue weighted by molar-refractivity contribution is 5.26. The van der Waals surface area contributed by atoms with Crippen LogP contribution < -0.4 is 0 Å². The molecule has 0 aromatic heterocycles. The van der Waals surface area contributed by atoms with Crippen LogP contribution >= 0.6 is 0 Å². The third kappa shape index (κ3) is 7.87. The molecule has 0 aromatic rings. The second-order valence-corrected chi connectivity index (χ2v) is 13.2. The Bertz CT molecular complexity index is 921. The predicted octanol–water partition coefficient (Wildman–Crippen LogP) is 6.23. The SMILES string of the molecule is CC(C)(O)CCC[C@@H](CC#CC(C)(O)C(F)(F)F)[C@H]1CCC2/C(=C/C=C3C[C@@H](O)C[C@H](O)C3)CCC[C@@]21C. The summed E-state index contributed by atoms with van der Waals surface area (Å²) in [6, 6.07) is 0. The zero-order chi connectivity index (χ0) is 28.4. The number of hydrogen-bond donors (Lipinski definition) is 4. The fraction of sp³-hybridized carbons (Fsp3) is 0.806. The maximum Gasteiger partial charge on any atom is 0.428 e. The standard InChI is InChI=1S/C31H47F3O4/c1-28(2,37)15-5-8-22(10-7-17-30(4,38)31(32,33)34)26-13-14-27-23(9-6-16-29(26,27)3)12-11-21-18-24(35)20-25(36)19-21/h11-12,22,24-27,35-38H,5-6,8-10,13-16,18-20H2,1-4H3/b23-12+/t22-,24+,25+,26+,27?,29+,30?/m0/s1. The predicted molar refractivity (Wildman–Crippen MR) is 143 cm³/mol. The van der Waals surface area contributed by atoms with E-state index in [1.54, 1.807) is 13.8 Å². The fourth-order valence-corrected chi connectivity index (χ4v) is 7.25. The number of halogens is 3. The quantitative estimate of drug-likeness (QED) is 0.289. The Labute approximate surface area is 226 Å². The summed E-state index contributed by atoms with van der Waals surface area (Å²) in [5, 5.41) is 40.1. The molecule has 0 aliphatic heterocycles. The van der Waals surface area contributed by atoms with Gasteiger partial charge in [0.1, 0.15) is 0 Å². The number of rotatable bonds is 7. The van der Waals surface area contributed by atoms with Gasteiger partial charge < -0.3 is 20.4 Å². The van der Waals surface area contributed by atoms with Crippen LogP contribution in [0.5, 0.6) is 0 Å². The van der Waals surface area contributed by atoms with Crippen molar-refractivity contribution >= 4 is 0 Å². The summed E-state index contributed by atoms with van der Waals surface area (Å²) in [5.74, 6) is 5.57. The van der Waals surface area contributed by atoms with Gasteiger partial charge >= 0.3 is 6.18 Å². The van der Waals surface area contributed by atoms with Gasteiger partial charge in [-0.1, -0.05) is 48.5 Å². The minimum absolute atomic E-state index is 0.0157. The normalized spacial score (nSPS) is 33.8. The first-order valence-corrected chi connectivity index (χ1v) is 14.3. The minimum Gasteiger partial charge on any atom is -0.393 e. The summed E-state index contributed by atoms with van der Waals surface area (Å²) in [7, 11) is 0. The van der Waals surface area contributed by atoms with Crippen molar-refractivity contribution in [2.24, 2.45) is 23.2 Å². The van der Waals surface area contributed by atoms with E-state index in [0.717, 1.165) is 50.5 Å². The van der Waals surface area contributed by atoms with E-state index >= 15 is 0 Å². The molecule has 0 bridgehead atoms. The van der Waals surface area contributed by atoms with Crippen LogP contribution in [0.3, 0.4) is 0 Å². The Morgan fingerprint density at radius 2 is 1.71 bits per heavy atom. The van der Waals surface area contributed by atoms with Crippen LogP contribution in [0, 0.1) is 35.0 Å². The third-order valence-corrected chi connectivity index (χ3v) is 9.29. The summed E-state index contributed by atoms with van der Waals surface area (Å²) in [4.78, 5) is 0. The number of aliphatic hydroxyl groups is 4. The van der Waals surface area contributed by atoms with E-state index < -0.39 is 29.6 Å². The van der Waals surface area contributed by atoms with Crippen molar-refractivity contribution in [3.05, 3.63) is 23.3 Å². The molecule has 4 N–H and O–H groups in total. The molecular formula is C31H47F3O4. The Balaban J connectivity index is 1.81. The molecule has 7 heteroatoms. The van der Waals surface area contributed by atoms with Crippen molar-refractivity contribution in [2.45, 2.75) is 134 Å². The largest absolute Gasteiger partial charge is 0.428 e. The molecule has 0 aromatic carbocycles. The van der Waals surface area contributed by atoms with Crippen molar-refractivity contribution in [3.8, 4) is 11.8 Å². The van der Waals surface area contributed by atoms with E-state index in [9.17, 15) is 33.6 Å². The lowest BCUT2D eigenvalue weighted by molar-refractivity contribution is -0.228. The lowest BCUT2D eigenvalue weighted by Crippen LogP contribution is -2.40. The van der Waals surface area contributed by atoms with Gasteiger partial charge in [0.25, 0.3) is 0 Å². The van der Waals surface area contributed by atoms with Crippen molar-refractivity contribution in [1.82, 2.24) is 0 Å². The monoisotopic (exact) mass is 540 g/mol. The van der Waals surface area contributed by atoms with Crippen LogP contribution in [0.15, 0.2) is 23.3 Å². The number of hydrogen-bond acceptors (Lipinski definition) is 4. The molecule has 2 unspecified atom stereocenters. The summed E-state index contributed by atoms with van der Waals surface area (Å²) in [6.07, 6.45) is 7.68. The topological polar surface area (TPSA) is 80.9 Å². The first-order chi connectivity index (χ1) is 17.5. The smallest absolute Gasteiger partial charge is 0.393 e. The second kappa shape index (κ2) is 12.0. The van der Waals surface area contributed by atoms with Gasteiger partial charge in [-0.15, -0.1) is 0 Å². The molecular weight excluding hydrogens is 493 g/mol. The van der Waals surface area contributed by atoms with Crippen LogP contribution in [0.4, 0.5) is 13.2 Å². The van der Waals surface area contributed by atoms with Gasteiger partial charge in [0.05, 0.1) is 17.8 Å². The lowest BCUT2D eigenvalue weighted by Gasteiger charge is -2.45. The molecule has 0 radical (unpaired) electrons. The maximum atomic E-state index is 13.1. The zero-order valence-electron chi connectivity index (χ0n) is 23.4. The van der Waals surface area contributed by atoms with Crippen LogP contribution in [-0.2, 0) is 0 Å². The van der Waals surface area contributed by atoms with Gasteiger partial charge in [0, 0.05) is 6.42 Å². The van der Waals surface area contributed by atoms with Crippen molar-refractivity contribution < 1.29 is 33.6 Å². The Hall–Kier alpha value is -1.33. The highest BCUT2D eigenvalue weighted by Crippen LogP contribution is 2.60. The minimum atomic E-state index is -4.80. The van der Waals surface area contributed by atoms with E-state index in [1.165, 1.54) is 5.57 Å². The van der Waals surface area contributed by atoms with Crippen molar-refractivity contribution in [2.75, 3.05) is 0 Å². The van der Waals surface area contributed by atoms with E-state index in [2.05, 4.69) is 30.9 Å². The molecule has 0 heterocycles. The molecule has 216 valence electrons. The lowest BCUT2D eigenvalue weighted by atomic mass is 9.60. The van der Waals surface area contributed by atoms with E-state index in [-0.39, 0.29) is 11.3 Å². The molecule has 0 amide bonds. The van der Waals surface area contributed by atoms with Gasteiger partial charge in [-0.05, 0) is 108 Å². The van der Waals surface area contributed by atoms with Gasteiger partial charge in [-0.25, -0.2) is 0 Å². The van der Waals surface area contributed by atoms with Gasteiger partial charge in [0.2, 0.25) is 5.60 Å². The molecule has 3 aliphatic carbocycles. The van der Waals surface area contributed by atoms with Gasteiger partial charge in [-0.2, -0.15) is 13.2 Å². The first kappa shape index (κ1) is 31.2. The highest BCUT2D eigenvalue weighted by Gasteiger charge is 2.52. The number of alkyl halides is 3. The molecule has 0 saturated heterocycles. The summed E-state index contributed by atoms with van der Waals surface area (Å²) >= 11 is 0. The first-order valence-electron chi connectivity index (χ1n) is 14.3. The summed E-state index contributed by atoms with van der Waals surface area (Å²) in [6.45, 7) is 6.57. The maximum absolute atomic E-state index is 13.1. The molecule has 7 atom stereocenters. The highest BCUT2D eigenvalue weighted by atomic mass is 19.4. The summed E-state index contributed by atoms with van der Waals surface area (Å²) < 4.78 is 39.4. The third-order valence-electron chi connectivity index (χ3n) is 9.29. The van der Waals surface area contributed by atoms with E-state index in [0.29, 0.717) is 50.9 Å². The second-order valence-electron chi connectivity index (χ2n) is 13.2. The van der Waals surface area contributed by atoms with Gasteiger partial charge in [-0.3, -0.25) is 0 Å². The molecule has 3 saturated carbocycles. The van der Waals surface area contributed by atoms with Crippen molar-refractivity contribution in [3.63, 3.8) is 0 Å². The van der Waals surface area contributed by atoms with Crippen molar-refractivity contribution in [1.29, 1.82) is 0 Å². The zero-order valence-corrected chi connectivity index (χ0v) is 23.4. The number of fused-ring (bicyclic) bond motifs is 1. The van der Waals surface area contributed by atoms with E-state index in [4.69, 9.17) is 0 Å². The van der Waals surface area contributed by atoms with Crippen LogP contribution in [-0.4, -0.2) is 50.0 Å². The van der Waals surface area contributed by atoms with E-state index in [1.807, 2.05) is 0 Å². The Kier molecular flexibility index (Phi) is 9.89. The Morgan fingerprint density at radius 3 is 2.32 bits per heavy atom.